The number of aryl methyl sites for hydroxylation is 1. The van der Waals surface area contributed by atoms with E-state index in [0.29, 0.717) is 6.54 Å². The number of nitrogens with zero attached hydrogens (tertiary/aromatic N) is 3. The largest absolute Gasteiger partial charge is 0.497 e. The molecule has 0 aliphatic rings. The Bertz CT molecular complexity index is 1200. The van der Waals surface area contributed by atoms with Crippen molar-refractivity contribution in [1.29, 1.82) is 5.26 Å². The number of H-pyrrole nitrogens is 1. The minimum atomic E-state index is -0.428. The number of methoxy groups -OCH3 is 1. The summed E-state index contributed by atoms with van der Waals surface area (Å²) in [4.78, 5) is 12.5. The van der Waals surface area contributed by atoms with Crippen molar-refractivity contribution in [3.8, 4) is 11.8 Å². The van der Waals surface area contributed by atoms with E-state index in [2.05, 4.69) is 51.5 Å². The number of hydrogen-bond donors (Lipinski definition) is 1. The lowest BCUT2D eigenvalue weighted by atomic mass is 9.91. The highest BCUT2D eigenvalue weighted by atomic mass is 32.1. The Morgan fingerprint density at radius 1 is 1.23 bits per heavy atom. The molecular weight excluding hydrogens is 392 g/mol. The molecule has 0 spiro atoms. The molecule has 4 aromatic rings. The van der Waals surface area contributed by atoms with Crippen molar-refractivity contribution in [3.05, 3.63) is 81.9 Å². The summed E-state index contributed by atoms with van der Waals surface area (Å²) in [7, 11) is 1.67. The Kier molecular flexibility index (Phi) is 5.92. The fourth-order valence-corrected chi connectivity index (χ4v) is 4.34. The highest BCUT2D eigenvalue weighted by molar-refractivity contribution is 7.09. The van der Waals surface area contributed by atoms with E-state index >= 15 is 0 Å². The molecule has 1 N–H and O–H groups in total. The minimum Gasteiger partial charge on any atom is -0.497 e. The summed E-state index contributed by atoms with van der Waals surface area (Å²) in [5.74, 6) is 0.451. The van der Waals surface area contributed by atoms with Gasteiger partial charge in [-0.05, 0) is 36.2 Å². The smallest absolute Gasteiger partial charge is 0.133 e. The van der Waals surface area contributed by atoms with Crippen molar-refractivity contribution in [2.24, 2.45) is 4.99 Å². The Labute approximate surface area is 179 Å². The van der Waals surface area contributed by atoms with Crippen molar-refractivity contribution in [2.45, 2.75) is 18.8 Å². The summed E-state index contributed by atoms with van der Waals surface area (Å²) in [5.41, 5.74) is 4.37. The molecule has 0 amide bonds. The molecule has 0 aliphatic carbocycles. The van der Waals surface area contributed by atoms with E-state index in [4.69, 9.17) is 4.74 Å². The van der Waals surface area contributed by atoms with Crippen LogP contribution in [-0.4, -0.2) is 29.8 Å². The summed E-state index contributed by atoms with van der Waals surface area (Å²) in [6, 6.07) is 18.7. The lowest BCUT2D eigenvalue weighted by Crippen LogP contribution is -2.06. The molecule has 150 valence electrons. The van der Waals surface area contributed by atoms with Crippen molar-refractivity contribution in [1.82, 2.24) is 9.97 Å². The van der Waals surface area contributed by atoms with Gasteiger partial charge in [0.05, 0.1) is 13.2 Å². The number of rotatable bonds is 7. The predicted octanol–water partition coefficient (Wildman–Crippen LogP) is 5.45. The van der Waals surface area contributed by atoms with Crippen molar-refractivity contribution >= 4 is 28.5 Å². The van der Waals surface area contributed by atoms with Gasteiger partial charge in [-0.3, -0.25) is 4.99 Å². The van der Waals surface area contributed by atoms with Gasteiger partial charge < -0.3 is 9.72 Å². The standard InChI is InChI=1S/C24H22N4OS/c1-16-15-30-24(28-16)18(11-25)12-26-13-21(17-7-9-19(29-2)10-8-17)22-14-27-23-6-4-3-5-20(22)23/h3-10,12,14-15,18,21,27H,13H2,1-2H3/t18-,21+/m1/s1. The molecule has 2 aromatic heterocycles. The third kappa shape index (κ3) is 4.12. The molecule has 0 fully saturated rings. The molecule has 0 radical (unpaired) electrons. The van der Waals surface area contributed by atoms with E-state index in [0.717, 1.165) is 27.5 Å². The normalized spacial score (nSPS) is 13.4. The second-order valence-electron chi connectivity index (χ2n) is 7.06. The lowest BCUT2D eigenvalue weighted by Gasteiger charge is -2.16. The first-order valence-corrected chi connectivity index (χ1v) is 10.6. The van der Waals surface area contributed by atoms with Crippen LogP contribution in [0.5, 0.6) is 5.75 Å². The zero-order valence-electron chi connectivity index (χ0n) is 16.9. The van der Waals surface area contributed by atoms with Gasteiger partial charge in [-0.1, -0.05) is 30.3 Å². The number of ether oxygens (including phenoxy) is 1. The SMILES string of the molecule is COc1ccc([C@H](CN=C[C@@H](C#N)c2nc(C)cs2)c2c[nH]c3ccccc23)cc1. The van der Waals surface area contributed by atoms with E-state index in [1.54, 1.807) is 13.3 Å². The second-order valence-corrected chi connectivity index (χ2v) is 7.95. The molecule has 2 heterocycles. The van der Waals surface area contributed by atoms with E-state index in [-0.39, 0.29) is 5.92 Å². The molecule has 0 saturated carbocycles. The minimum absolute atomic E-state index is 0.0562. The highest BCUT2D eigenvalue weighted by Crippen LogP contribution is 2.32. The summed E-state index contributed by atoms with van der Waals surface area (Å²) in [5, 5.41) is 13.5. The molecule has 2 atom stereocenters. The van der Waals surface area contributed by atoms with Crippen LogP contribution in [0.1, 0.15) is 33.7 Å². The summed E-state index contributed by atoms with van der Waals surface area (Å²) >= 11 is 1.50. The van der Waals surface area contributed by atoms with E-state index < -0.39 is 5.92 Å². The van der Waals surface area contributed by atoms with Crippen LogP contribution in [0.25, 0.3) is 10.9 Å². The van der Waals surface area contributed by atoms with Crippen LogP contribution in [0.15, 0.2) is 65.1 Å². The molecule has 0 unspecified atom stereocenters. The quantitative estimate of drug-likeness (QED) is 0.409. The van der Waals surface area contributed by atoms with Crippen molar-refractivity contribution in [2.75, 3.05) is 13.7 Å². The molecule has 0 saturated heterocycles. The van der Waals surface area contributed by atoms with Crippen LogP contribution in [0.2, 0.25) is 0 Å². The van der Waals surface area contributed by atoms with Crippen molar-refractivity contribution < 1.29 is 4.74 Å². The number of para-hydroxylation sites is 1. The average molecular weight is 415 g/mol. The summed E-state index contributed by atoms with van der Waals surface area (Å²) in [6.07, 6.45) is 3.78. The van der Waals surface area contributed by atoms with Gasteiger partial charge in [-0.2, -0.15) is 5.26 Å². The first-order chi connectivity index (χ1) is 14.7. The molecule has 0 aliphatic heterocycles. The van der Waals surface area contributed by atoms with Crippen LogP contribution in [0, 0.1) is 18.3 Å². The van der Waals surface area contributed by atoms with Gasteiger partial charge in [0.25, 0.3) is 0 Å². The molecule has 6 heteroatoms. The average Bonchev–Trinajstić information content (AvgIpc) is 3.41. The predicted molar refractivity (Wildman–Crippen MR) is 122 cm³/mol. The van der Waals surface area contributed by atoms with Gasteiger partial charge >= 0.3 is 0 Å². The Morgan fingerprint density at radius 2 is 2.03 bits per heavy atom. The topological polar surface area (TPSA) is 74.1 Å². The van der Waals surface area contributed by atoms with Gasteiger partial charge in [-0.25, -0.2) is 4.98 Å². The van der Waals surface area contributed by atoms with Crippen LogP contribution < -0.4 is 4.74 Å². The highest BCUT2D eigenvalue weighted by Gasteiger charge is 2.19. The number of nitriles is 1. The zero-order chi connectivity index (χ0) is 20.9. The number of aromatic nitrogens is 2. The van der Waals surface area contributed by atoms with Crippen LogP contribution >= 0.6 is 11.3 Å². The number of benzene rings is 2. The first-order valence-electron chi connectivity index (χ1n) is 9.71. The fourth-order valence-electron chi connectivity index (χ4n) is 3.54. The third-order valence-corrected chi connectivity index (χ3v) is 6.14. The van der Waals surface area contributed by atoms with Crippen LogP contribution in [0.3, 0.4) is 0 Å². The molecule has 5 nitrogen and oxygen atoms in total. The molecule has 30 heavy (non-hydrogen) atoms. The third-order valence-electron chi connectivity index (χ3n) is 5.10. The monoisotopic (exact) mass is 414 g/mol. The van der Waals surface area contributed by atoms with E-state index in [9.17, 15) is 5.26 Å². The first kappa shape index (κ1) is 19.9. The van der Waals surface area contributed by atoms with Gasteiger partial charge in [0.2, 0.25) is 0 Å². The number of hydrogen-bond acceptors (Lipinski definition) is 5. The number of aliphatic imine (C=N–C) groups is 1. The van der Waals surface area contributed by atoms with Gasteiger partial charge in [0, 0.05) is 46.9 Å². The maximum Gasteiger partial charge on any atom is 0.133 e. The summed E-state index contributed by atoms with van der Waals surface area (Å²) in [6.45, 7) is 2.47. The fraction of sp³-hybridized carbons (Fsp3) is 0.208. The Morgan fingerprint density at radius 3 is 2.73 bits per heavy atom. The number of fused-ring (bicyclic) bond motifs is 1. The van der Waals surface area contributed by atoms with Crippen molar-refractivity contribution in [3.63, 3.8) is 0 Å². The molecular formula is C24H22N4OS. The second kappa shape index (κ2) is 8.93. The maximum absolute atomic E-state index is 9.56. The van der Waals surface area contributed by atoms with Gasteiger partial charge in [0.1, 0.15) is 16.7 Å². The van der Waals surface area contributed by atoms with Crippen LogP contribution in [-0.2, 0) is 0 Å². The lowest BCUT2D eigenvalue weighted by molar-refractivity contribution is 0.414. The van der Waals surface area contributed by atoms with Gasteiger partial charge in [0.15, 0.2) is 0 Å². The van der Waals surface area contributed by atoms with Crippen LogP contribution in [0.4, 0.5) is 0 Å². The number of aromatic amines is 1. The Balaban J connectivity index is 1.66. The number of thiazole rings is 1. The summed E-state index contributed by atoms with van der Waals surface area (Å²) < 4.78 is 5.31. The molecule has 2 aromatic carbocycles. The van der Waals surface area contributed by atoms with E-state index in [1.807, 2.05) is 36.6 Å². The molecule has 4 rings (SSSR count). The van der Waals surface area contributed by atoms with Gasteiger partial charge in [-0.15, -0.1) is 11.3 Å². The number of nitrogens with one attached hydrogen (secondary N) is 1. The Hall–Kier alpha value is -3.43. The zero-order valence-corrected chi connectivity index (χ0v) is 17.7. The molecule has 0 bridgehead atoms. The van der Waals surface area contributed by atoms with E-state index in [1.165, 1.54) is 22.3 Å². The maximum atomic E-state index is 9.56.